The molecule has 0 radical (unpaired) electrons. The maximum Gasteiger partial charge on any atom is 0.163 e. The van der Waals surface area contributed by atoms with Gasteiger partial charge in [-0.05, 0) is 0 Å². The highest BCUT2D eigenvalue weighted by molar-refractivity contribution is 5.79. The van der Waals surface area contributed by atoms with E-state index in [4.69, 9.17) is 15.2 Å². The van der Waals surface area contributed by atoms with E-state index in [2.05, 4.69) is 9.97 Å². The molecule has 1 aliphatic heterocycles. The summed E-state index contributed by atoms with van der Waals surface area (Å²) in [5.41, 5.74) is 7.34. The molecule has 3 rings (SSSR count). The molecule has 5 nitrogen and oxygen atoms in total. The lowest BCUT2D eigenvalue weighted by atomic mass is 10.3. The number of hydrogen-bond donors (Lipinski definition) is 2. The van der Waals surface area contributed by atoms with Crippen molar-refractivity contribution in [2.75, 3.05) is 13.2 Å². The van der Waals surface area contributed by atoms with Gasteiger partial charge in [0.15, 0.2) is 11.5 Å². The van der Waals surface area contributed by atoms with E-state index in [9.17, 15) is 0 Å². The molecule has 1 aliphatic rings. The molecule has 0 unspecified atom stereocenters. The van der Waals surface area contributed by atoms with Gasteiger partial charge in [-0.2, -0.15) is 0 Å². The van der Waals surface area contributed by atoms with Crippen LogP contribution < -0.4 is 15.2 Å². The first-order chi connectivity index (χ1) is 7.86. The van der Waals surface area contributed by atoms with Crippen molar-refractivity contribution < 1.29 is 9.47 Å². The Morgan fingerprint density at radius 1 is 1.25 bits per heavy atom. The van der Waals surface area contributed by atoms with Crippen LogP contribution in [-0.4, -0.2) is 23.2 Å². The number of hydrogen-bond acceptors (Lipinski definition) is 4. The summed E-state index contributed by atoms with van der Waals surface area (Å²) in [5.74, 6) is 2.31. The molecule has 1 aromatic carbocycles. The molecule has 2 heterocycles. The molecule has 1 aromatic heterocycles. The number of ether oxygens (including phenoxy) is 2. The quantitative estimate of drug-likeness (QED) is 0.755. The van der Waals surface area contributed by atoms with E-state index in [-0.39, 0.29) is 0 Å². The van der Waals surface area contributed by atoms with Crippen LogP contribution in [0.5, 0.6) is 11.5 Å². The Balaban J connectivity index is 2.14. The zero-order valence-corrected chi connectivity index (χ0v) is 8.82. The molecule has 0 bridgehead atoms. The van der Waals surface area contributed by atoms with Crippen LogP contribution >= 0.6 is 0 Å². The van der Waals surface area contributed by atoms with Crippen molar-refractivity contribution in [3.8, 4) is 11.5 Å². The summed E-state index contributed by atoms with van der Waals surface area (Å²) in [6, 6.07) is 3.81. The number of H-pyrrole nitrogens is 1. The first-order valence-corrected chi connectivity index (χ1v) is 5.35. The molecule has 84 valence electrons. The zero-order chi connectivity index (χ0) is 11.0. The van der Waals surface area contributed by atoms with Crippen molar-refractivity contribution in [3.63, 3.8) is 0 Å². The fraction of sp³-hybridized carbons (Fsp3) is 0.364. The summed E-state index contributed by atoms with van der Waals surface area (Å²) >= 11 is 0. The van der Waals surface area contributed by atoms with Crippen LogP contribution in [0, 0.1) is 0 Å². The average Bonchev–Trinajstić information content (AvgIpc) is 2.56. The number of nitrogens with zero attached hydrogens (tertiary/aromatic N) is 1. The molecule has 0 fully saturated rings. The molecule has 0 saturated heterocycles. The van der Waals surface area contributed by atoms with E-state index in [1.165, 1.54) is 0 Å². The maximum atomic E-state index is 5.60. The Hall–Kier alpha value is -1.75. The molecule has 3 N–H and O–H groups in total. The third kappa shape index (κ3) is 1.49. The number of benzene rings is 1. The summed E-state index contributed by atoms with van der Waals surface area (Å²) in [4.78, 5) is 7.50. The van der Waals surface area contributed by atoms with E-state index in [0.29, 0.717) is 19.8 Å². The molecule has 0 spiro atoms. The van der Waals surface area contributed by atoms with Crippen LogP contribution in [0.1, 0.15) is 12.2 Å². The molecule has 0 aliphatic carbocycles. The van der Waals surface area contributed by atoms with Crippen molar-refractivity contribution in [1.29, 1.82) is 0 Å². The summed E-state index contributed by atoms with van der Waals surface area (Å²) < 4.78 is 11.2. The van der Waals surface area contributed by atoms with Gasteiger partial charge in [0.2, 0.25) is 0 Å². The van der Waals surface area contributed by atoms with Gasteiger partial charge in [-0.3, -0.25) is 0 Å². The SMILES string of the molecule is NCc1nc2cc3c(cc2[nH]1)OCCCO3. The van der Waals surface area contributed by atoms with Gasteiger partial charge in [0, 0.05) is 18.6 Å². The van der Waals surface area contributed by atoms with Gasteiger partial charge in [0.1, 0.15) is 5.82 Å². The van der Waals surface area contributed by atoms with Crippen LogP contribution in [0.4, 0.5) is 0 Å². The molecule has 0 saturated carbocycles. The van der Waals surface area contributed by atoms with Crippen LogP contribution in [0.3, 0.4) is 0 Å². The van der Waals surface area contributed by atoms with Crippen molar-refractivity contribution in [2.24, 2.45) is 5.73 Å². The standard InChI is InChI=1S/C11H13N3O2/c12-6-11-13-7-4-9-10(5-8(7)14-11)16-3-1-2-15-9/h4-5H,1-3,6,12H2,(H,13,14). The first kappa shape index (κ1) is 9.47. The fourth-order valence-electron chi connectivity index (χ4n) is 1.82. The van der Waals surface area contributed by atoms with Gasteiger partial charge in [0.25, 0.3) is 0 Å². The van der Waals surface area contributed by atoms with Crippen molar-refractivity contribution in [1.82, 2.24) is 9.97 Å². The van der Waals surface area contributed by atoms with Crippen LogP contribution in [-0.2, 0) is 6.54 Å². The molecule has 2 aromatic rings. The van der Waals surface area contributed by atoms with E-state index in [1.807, 2.05) is 12.1 Å². The predicted octanol–water partition coefficient (Wildman–Crippen LogP) is 1.18. The highest BCUT2D eigenvalue weighted by Gasteiger charge is 2.13. The van der Waals surface area contributed by atoms with Gasteiger partial charge < -0.3 is 20.2 Å². The topological polar surface area (TPSA) is 73.2 Å². The smallest absolute Gasteiger partial charge is 0.163 e. The van der Waals surface area contributed by atoms with E-state index < -0.39 is 0 Å². The van der Waals surface area contributed by atoms with Crippen LogP contribution in [0.25, 0.3) is 11.0 Å². The third-order valence-electron chi connectivity index (χ3n) is 2.59. The van der Waals surface area contributed by atoms with Crippen molar-refractivity contribution >= 4 is 11.0 Å². The lowest BCUT2D eigenvalue weighted by molar-refractivity contribution is 0.297. The van der Waals surface area contributed by atoms with Gasteiger partial charge in [-0.15, -0.1) is 0 Å². The Morgan fingerprint density at radius 3 is 2.75 bits per heavy atom. The summed E-state index contributed by atoms with van der Waals surface area (Å²) in [5, 5.41) is 0. The third-order valence-corrected chi connectivity index (χ3v) is 2.59. The van der Waals surface area contributed by atoms with E-state index in [1.54, 1.807) is 0 Å². The Labute approximate surface area is 92.6 Å². The van der Waals surface area contributed by atoms with Crippen molar-refractivity contribution in [2.45, 2.75) is 13.0 Å². The fourth-order valence-corrected chi connectivity index (χ4v) is 1.82. The molecule has 0 atom stereocenters. The maximum absolute atomic E-state index is 5.60. The molecule has 0 amide bonds. The number of aromatic amines is 1. The number of rotatable bonds is 1. The van der Waals surface area contributed by atoms with Crippen LogP contribution in [0.15, 0.2) is 12.1 Å². The zero-order valence-electron chi connectivity index (χ0n) is 8.82. The normalized spacial score (nSPS) is 15.1. The number of imidazole rings is 1. The number of nitrogens with one attached hydrogen (secondary N) is 1. The molecular weight excluding hydrogens is 206 g/mol. The van der Waals surface area contributed by atoms with Gasteiger partial charge in [-0.25, -0.2) is 4.98 Å². The van der Waals surface area contributed by atoms with E-state index in [0.717, 1.165) is 34.8 Å². The summed E-state index contributed by atoms with van der Waals surface area (Å²) in [6.45, 7) is 1.78. The highest BCUT2D eigenvalue weighted by atomic mass is 16.5. The van der Waals surface area contributed by atoms with Gasteiger partial charge >= 0.3 is 0 Å². The monoisotopic (exact) mass is 219 g/mol. The summed E-state index contributed by atoms with van der Waals surface area (Å²) in [7, 11) is 0. The summed E-state index contributed by atoms with van der Waals surface area (Å²) in [6.07, 6.45) is 0.907. The largest absolute Gasteiger partial charge is 0.489 e. The second-order valence-electron chi connectivity index (χ2n) is 3.75. The second kappa shape index (κ2) is 3.68. The average molecular weight is 219 g/mol. The van der Waals surface area contributed by atoms with E-state index >= 15 is 0 Å². The number of aromatic nitrogens is 2. The highest BCUT2D eigenvalue weighted by Crippen LogP contribution is 2.33. The lowest BCUT2D eigenvalue weighted by Gasteiger charge is -2.05. The Kier molecular flexibility index (Phi) is 2.18. The lowest BCUT2D eigenvalue weighted by Crippen LogP contribution is -1.98. The van der Waals surface area contributed by atoms with Gasteiger partial charge in [-0.1, -0.05) is 0 Å². The first-order valence-electron chi connectivity index (χ1n) is 5.35. The molecule has 5 heteroatoms. The van der Waals surface area contributed by atoms with Gasteiger partial charge in [0.05, 0.1) is 30.8 Å². The minimum atomic E-state index is 0.404. The minimum absolute atomic E-state index is 0.404. The van der Waals surface area contributed by atoms with Crippen LogP contribution in [0.2, 0.25) is 0 Å². The number of nitrogens with two attached hydrogens (primary N) is 1. The Morgan fingerprint density at radius 2 is 2.00 bits per heavy atom. The van der Waals surface area contributed by atoms with Crippen molar-refractivity contribution in [3.05, 3.63) is 18.0 Å². The minimum Gasteiger partial charge on any atom is -0.489 e. The Bertz CT molecular complexity index is 478. The second-order valence-corrected chi connectivity index (χ2v) is 3.75. The predicted molar refractivity (Wildman–Crippen MR) is 59.6 cm³/mol. The molecular formula is C11H13N3O2. The number of fused-ring (bicyclic) bond motifs is 2. The molecule has 16 heavy (non-hydrogen) atoms.